The van der Waals surface area contributed by atoms with E-state index in [0.29, 0.717) is 5.02 Å². The van der Waals surface area contributed by atoms with Crippen LogP contribution in [0.15, 0.2) is 36.8 Å². The summed E-state index contributed by atoms with van der Waals surface area (Å²) in [6.07, 6.45) is 5.14. The molecule has 1 fully saturated rings. The van der Waals surface area contributed by atoms with Gasteiger partial charge in [-0.25, -0.2) is 4.98 Å². The maximum absolute atomic E-state index is 12.6. The maximum Gasteiger partial charge on any atom is 0.241 e. The van der Waals surface area contributed by atoms with Crippen molar-refractivity contribution in [2.45, 2.75) is 19.9 Å². The smallest absolute Gasteiger partial charge is 0.241 e. The summed E-state index contributed by atoms with van der Waals surface area (Å²) in [5, 5.41) is 3.65. The summed E-state index contributed by atoms with van der Waals surface area (Å²) in [4.78, 5) is 25.4. The van der Waals surface area contributed by atoms with Gasteiger partial charge in [0.15, 0.2) is 0 Å². The molecule has 1 saturated heterocycles. The highest BCUT2D eigenvalue weighted by Crippen LogP contribution is 2.23. The van der Waals surface area contributed by atoms with Gasteiger partial charge in [0, 0.05) is 49.3 Å². The van der Waals surface area contributed by atoms with E-state index in [1.54, 1.807) is 18.6 Å². The summed E-state index contributed by atoms with van der Waals surface area (Å²) in [6, 6.07) is 5.33. The summed E-state index contributed by atoms with van der Waals surface area (Å²) in [7, 11) is 0. The molecule has 2 aromatic rings. The van der Waals surface area contributed by atoms with Gasteiger partial charge < -0.3 is 10.2 Å². The van der Waals surface area contributed by atoms with E-state index in [-0.39, 0.29) is 11.9 Å². The first kappa shape index (κ1) is 17.6. The van der Waals surface area contributed by atoms with E-state index < -0.39 is 0 Å². The molecule has 1 aliphatic rings. The summed E-state index contributed by atoms with van der Waals surface area (Å²) in [5.74, 6) is 0.868. The molecule has 0 saturated carbocycles. The van der Waals surface area contributed by atoms with Gasteiger partial charge in [0.1, 0.15) is 5.82 Å². The number of hydrogen-bond donors (Lipinski definition) is 1. The Morgan fingerprint density at radius 3 is 2.68 bits per heavy atom. The highest BCUT2D eigenvalue weighted by Gasteiger charge is 2.26. The first-order chi connectivity index (χ1) is 12.1. The van der Waals surface area contributed by atoms with Gasteiger partial charge in [-0.3, -0.25) is 14.7 Å². The molecule has 0 aliphatic carbocycles. The molecule has 25 heavy (non-hydrogen) atoms. The molecule has 6 nitrogen and oxygen atoms in total. The third kappa shape index (κ3) is 4.08. The standard InChI is InChI=1S/C18H22ClN5O/c1-13-15(19)4-3-5-16(13)22-18(25)14(2)23-8-10-24(11-9-23)17-12-20-6-7-21-17/h3-7,12,14H,8-11H2,1-2H3,(H,22,25). The van der Waals surface area contributed by atoms with E-state index in [1.807, 2.05) is 32.0 Å². The Kier molecular flexibility index (Phi) is 5.50. The Hall–Kier alpha value is -2.18. The Bertz CT molecular complexity index is 732. The number of amides is 1. The number of carbonyl (C=O) groups excluding carboxylic acids is 1. The van der Waals surface area contributed by atoms with Gasteiger partial charge in [0.2, 0.25) is 5.91 Å². The van der Waals surface area contributed by atoms with E-state index in [0.717, 1.165) is 43.2 Å². The highest BCUT2D eigenvalue weighted by molar-refractivity contribution is 6.31. The van der Waals surface area contributed by atoms with Gasteiger partial charge in [-0.2, -0.15) is 0 Å². The number of carbonyl (C=O) groups is 1. The zero-order valence-corrected chi connectivity index (χ0v) is 15.2. The second-order valence-electron chi connectivity index (χ2n) is 6.16. The Labute approximate surface area is 152 Å². The second kappa shape index (κ2) is 7.80. The molecule has 1 unspecified atom stereocenters. The van der Waals surface area contributed by atoms with Crippen LogP contribution in [0.4, 0.5) is 11.5 Å². The summed E-state index contributed by atoms with van der Waals surface area (Å²) >= 11 is 6.12. The summed E-state index contributed by atoms with van der Waals surface area (Å²) in [5.41, 5.74) is 1.65. The molecular weight excluding hydrogens is 338 g/mol. The highest BCUT2D eigenvalue weighted by atomic mass is 35.5. The lowest BCUT2D eigenvalue weighted by Crippen LogP contribution is -2.53. The molecule has 1 aliphatic heterocycles. The molecule has 0 spiro atoms. The zero-order chi connectivity index (χ0) is 17.8. The molecule has 132 valence electrons. The second-order valence-corrected chi connectivity index (χ2v) is 6.57. The van der Waals surface area contributed by atoms with Crippen molar-refractivity contribution in [3.05, 3.63) is 47.4 Å². The number of halogens is 1. The van der Waals surface area contributed by atoms with Gasteiger partial charge in [-0.15, -0.1) is 0 Å². The third-order valence-corrected chi connectivity index (χ3v) is 5.05. The minimum atomic E-state index is -0.206. The summed E-state index contributed by atoms with van der Waals surface area (Å²) < 4.78 is 0. The Balaban J connectivity index is 1.58. The normalized spacial score (nSPS) is 16.5. The SMILES string of the molecule is Cc1c(Cl)cccc1NC(=O)C(C)N1CCN(c2cnccn2)CC1. The van der Waals surface area contributed by atoms with Crippen LogP contribution in [0.2, 0.25) is 5.02 Å². The lowest BCUT2D eigenvalue weighted by molar-refractivity contribution is -0.120. The lowest BCUT2D eigenvalue weighted by atomic mass is 10.1. The van der Waals surface area contributed by atoms with Crippen LogP contribution in [0.25, 0.3) is 0 Å². The van der Waals surface area contributed by atoms with E-state index >= 15 is 0 Å². The van der Waals surface area contributed by atoms with E-state index in [9.17, 15) is 4.79 Å². The number of anilines is 2. The molecule has 1 atom stereocenters. The molecule has 1 N–H and O–H groups in total. The lowest BCUT2D eigenvalue weighted by Gasteiger charge is -2.37. The van der Waals surface area contributed by atoms with Gasteiger partial charge >= 0.3 is 0 Å². The molecule has 0 radical (unpaired) electrons. The molecule has 1 aromatic carbocycles. The fourth-order valence-corrected chi connectivity index (χ4v) is 3.11. The first-order valence-electron chi connectivity index (χ1n) is 8.37. The largest absolute Gasteiger partial charge is 0.353 e. The van der Waals surface area contributed by atoms with Crippen LogP contribution >= 0.6 is 11.6 Å². The molecular formula is C18H22ClN5O. The van der Waals surface area contributed by atoms with Crippen LogP contribution in [0.1, 0.15) is 12.5 Å². The van der Waals surface area contributed by atoms with Crippen LogP contribution in [0.3, 0.4) is 0 Å². The van der Waals surface area contributed by atoms with Crippen LogP contribution in [0.5, 0.6) is 0 Å². The van der Waals surface area contributed by atoms with E-state index in [4.69, 9.17) is 11.6 Å². The average molecular weight is 360 g/mol. The van der Waals surface area contributed by atoms with E-state index in [1.165, 1.54) is 0 Å². The minimum absolute atomic E-state index is 0.0154. The van der Waals surface area contributed by atoms with Crippen molar-refractivity contribution in [3.8, 4) is 0 Å². The fourth-order valence-electron chi connectivity index (χ4n) is 2.94. The van der Waals surface area contributed by atoms with Gasteiger partial charge in [-0.1, -0.05) is 17.7 Å². The van der Waals surface area contributed by atoms with E-state index in [2.05, 4.69) is 25.1 Å². The topological polar surface area (TPSA) is 61.4 Å². The number of rotatable bonds is 4. The van der Waals surface area contributed by atoms with Crippen molar-refractivity contribution < 1.29 is 4.79 Å². The predicted molar refractivity (Wildman–Crippen MR) is 100 cm³/mol. The molecule has 1 amide bonds. The van der Waals surface area contributed by atoms with Gasteiger partial charge in [-0.05, 0) is 31.5 Å². The maximum atomic E-state index is 12.6. The van der Waals surface area contributed by atoms with Crippen molar-refractivity contribution in [1.29, 1.82) is 0 Å². The average Bonchev–Trinajstić information content (AvgIpc) is 2.65. The fraction of sp³-hybridized carbons (Fsp3) is 0.389. The number of aromatic nitrogens is 2. The van der Waals surface area contributed by atoms with Crippen molar-refractivity contribution in [3.63, 3.8) is 0 Å². The van der Waals surface area contributed by atoms with Crippen LogP contribution in [-0.2, 0) is 4.79 Å². The Morgan fingerprint density at radius 2 is 2.00 bits per heavy atom. The first-order valence-corrected chi connectivity index (χ1v) is 8.75. The quantitative estimate of drug-likeness (QED) is 0.909. The number of nitrogens with zero attached hydrogens (tertiary/aromatic N) is 4. The monoisotopic (exact) mass is 359 g/mol. The van der Waals surface area contributed by atoms with Crippen molar-refractivity contribution in [1.82, 2.24) is 14.9 Å². The van der Waals surface area contributed by atoms with Gasteiger partial charge in [0.25, 0.3) is 0 Å². The van der Waals surface area contributed by atoms with Crippen LogP contribution in [-0.4, -0.2) is 53.0 Å². The van der Waals surface area contributed by atoms with Crippen molar-refractivity contribution in [2.24, 2.45) is 0 Å². The van der Waals surface area contributed by atoms with Crippen LogP contribution in [0, 0.1) is 6.92 Å². The Morgan fingerprint density at radius 1 is 1.24 bits per heavy atom. The molecule has 7 heteroatoms. The van der Waals surface area contributed by atoms with Gasteiger partial charge in [0.05, 0.1) is 12.2 Å². The summed E-state index contributed by atoms with van der Waals surface area (Å²) in [6.45, 7) is 7.11. The zero-order valence-electron chi connectivity index (χ0n) is 14.4. The minimum Gasteiger partial charge on any atom is -0.353 e. The van der Waals surface area contributed by atoms with Crippen molar-refractivity contribution in [2.75, 3.05) is 36.4 Å². The number of nitrogens with one attached hydrogen (secondary N) is 1. The number of hydrogen-bond acceptors (Lipinski definition) is 5. The molecule has 2 heterocycles. The predicted octanol–water partition coefficient (Wildman–Crippen LogP) is 2.59. The molecule has 3 rings (SSSR count). The molecule has 1 aromatic heterocycles. The van der Waals surface area contributed by atoms with Crippen molar-refractivity contribution >= 4 is 29.0 Å². The number of benzene rings is 1. The van der Waals surface area contributed by atoms with Crippen LogP contribution < -0.4 is 10.2 Å². The third-order valence-electron chi connectivity index (χ3n) is 4.64. The molecule has 0 bridgehead atoms. The number of piperazine rings is 1.